The largest absolute Gasteiger partial charge is 0.478 e. The normalized spacial score (nSPS) is 12.8. The van der Waals surface area contributed by atoms with Crippen molar-refractivity contribution in [2.24, 2.45) is 0 Å². The molecule has 0 aliphatic carbocycles. The number of aromatic carboxylic acids is 1. The Morgan fingerprint density at radius 2 is 2.05 bits per heavy atom. The lowest BCUT2D eigenvalue weighted by atomic mass is 10.1. The topological polar surface area (TPSA) is 76.5 Å². The lowest BCUT2D eigenvalue weighted by Crippen LogP contribution is -2.19. The summed E-state index contributed by atoms with van der Waals surface area (Å²) in [6, 6.07) is 0.614. The third-order valence-corrected chi connectivity index (χ3v) is 2.51. The van der Waals surface area contributed by atoms with E-state index in [1.54, 1.807) is 13.8 Å². The number of alkyl halides is 3. The van der Waals surface area contributed by atoms with E-state index in [0.717, 1.165) is 0 Å². The van der Waals surface area contributed by atoms with Gasteiger partial charge in [0.15, 0.2) is 5.69 Å². The molecule has 1 aromatic rings. The molecule has 110 valence electrons. The van der Waals surface area contributed by atoms with Crippen LogP contribution < -0.4 is 0 Å². The van der Waals surface area contributed by atoms with Gasteiger partial charge in [0.25, 0.3) is 0 Å². The smallest absolute Gasteiger partial charge is 0.434 e. The van der Waals surface area contributed by atoms with Crippen LogP contribution in [0.4, 0.5) is 13.2 Å². The van der Waals surface area contributed by atoms with E-state index in [-0.39, 0.29) is 5.56 Å². The molecular weight excluding hydrogens is 279 g/mol. The molecule has 5 nitrogen and oxygen atoms in total. The minimum Gasteiger partial charge on any atom is -0.478 e. The highest BCUT2D eigenvalue weighted by Crippen LogP contribution is 2.30. The van der Waals surface area contributed by atoms with Crippen LogP contribution in [0.3, 0.4) is 0 Å². The second-order valence-corrected chi connectivity index (χ2v) is 4.05. The van der Waals surface area contributed by atoms with Crippen molar-refractivity contribution in [1.29, 1.82) is 0 Å². The molecule has 0 saturated heterocycles. The van der Waals surface area contributed by atoms with E-state index < -0.39 is 35.5 Å². The van der Waals surface area contributed by atoms with Crippen LogP contribution in [0.5, 0.6) is 0 Å². The van der Waals surface area contributed by atoms with Gasteiger partial charge in [0.1, 0.15) is 0 Å². The van der Waals surface area contributed by atoms with E-state index in [0.29, 0.717) is 18.7 Å². The van der Waals surface area contributed by atoms with Gasteiger partial charge >= 0.3 is 18.1 Å². The SMILES string of the molecule is CCC(C)OC(=O)c1cnc(C(F)(F)F)c(C(=O)O)c1. The summed E-state index contributed by atoms with van der Waals surface area (Å²) in [7, 11) is 0. The summed E-state index contributed by atoms with van der Waals surface area (Å²) in [5, 5.41) is 8.77. The molecular formula is C12H12F3NO4. The number of hydrogen-bond donors (Lipinski definition) is 1. The minimum absolute atomic E-state index is 0.337. The number of hydrogen-bond acceptors (Lipinski definition) is 4. The van der Waals surface area contributed by atoms with Crippen LogP contribution in [0.25, 0.3) is 0 Å². The maximum atomic E-state index is 12.6. The summed E-state index contributed by atoms with van der Waals surface area (Å²) >= 11 is 0. The number of nitrogens with zero attached hydrogens (tertiary/aromatic N) is 1. The maximum absolute atomic E-state index is 12.6. The molecule has 0 aliphatic rings. The van der Waals surface area contributed by atoms with Crippen molar-refractivity contribution in [3.63, 3.8) is 0 Å². The Morgan fingerprint density at radius 3 is 2.50 bits per heavy atom. The number of carbonyl (C=O) groups excluding carboxylic acids is 1. The van der Waals surface area contributed by atoms with Crippen molar-refractivity contribution >= 4 is 11.9 Å². The van der Waals surface area contributed by atoms with Gasteiger partial charge in [-0.2, -0.15) is 13.2 Å². The average molecular weight is 291 g/mol. The molecule has 0 aromatic carbocycles. The third kappa shape index (κ3) is 3.69. The van der Waals surface area contributed by atoms with Crippen LogP contribution in [-0.4, -0.2) is 28.1 Å². The third-order valence-electron chi connectivity index (χ3n) is 2.51. The second kappa shape index (κ2) is 5.89. The summed E-state index contributed by atoms with van der Waals surface area (Å²) in [5.74, 6) is -2.73. The lowest BCUT2D eigenvalue weighted by molar-refractivity contribution is -0.141. The fourth-order valence-electron chi connectivity index (χ4n) is 1.30. The number of carboxylic acids is 1. The zero-order valence-electron chi connectivity index (χ0n) is 10.7. The fourth-order valence-corrected chi connectivity index (χ4v) is 1.30. The maximum Gasteiger partial charge on any atom is 0.434 e. The van der Waals surface area contributed by atoms with Crippen molar-refractivity contribution in [3.8, 4) is 0 Å². The van der Waals surface area contributed by atoms with E-state index in [1.807, 2.05) is 0 Å². The van der Waals surface area contributed by atoms with E-state index >= 15 is 0 Å². The quantitative estimate of drug-likeness (QED) is 0.863. The fraction of sp³-hybridized carbons (Fsp3) is 0.417. The Kier molecular flexibility index (Phi) is 4.69. The van der Waals surface area contributed by atoms with Gasteiger partial charge in [-0.15, -0.1) is 0 Å². The molecule has 0 saturated carbocycles. The first kappa shape index (κ1) is 15.9. The number of pyridine rings is 1. The van der Waals surface area contributed by atoms with Gasteiger partial charge in [-0.25, -0.2) is 9.59 Å². The first-order chi connectivity index (χ1) is 9.16. The van der Waals surface area contributed by atoms with Crippen molar-refractivity contribution in [2.75, 3.05) is 0 Å². The Balaban J connectivity index is 3.18. The molecule has 20 heavy (non-hydrogen) atoms. The molecule has 8 heteroatoms. The van der Waals surface area contributed by atoms with Gasteiger partial charge < -0.3 is 9.84 Å². The molecule has 0 aliphatic heterocycles. The van der Waals surface area contributed by atoms with E-state index in [2.05, 4.69) is 4.98 Å². The number of esters is 1. The molecule has 0 fully saturated rings. The van der Waals surface area contributed by atoms with Gasteiger partial charge in [-0.3, -0.25) is 4.98 Å². The molecule has 1 atom stereocenters. The highest BCUT2D eigenvalue weighted by molar-refractivity contribution is 5.95. The van der Waals surface area contributed by atoms with Crippen molar-refractivity contribution in [1.82, 2.24) is 4.98 Å². The number of carboxylic acid groups (broad SMARTS) is 1. The van der Waals surface area contributed by atoms with Crippen molar-refractivity contribution in [3.05, 3.63) is 29.1 Å². The van der Waals surface area contributed by atoms with Gasteiger partial charge in [-0.05, 0) is 19.4 Å². The second-order valence-electron chi connectivity index (χ2n) is 4.05. The first-order valence-corrected chi connectivity index (χ1v) is 5.68. The summed E-state index contributed by atoms with van der Waals surface area (Å²) < 4.78 is 42.6. The van der Waals surface area contributed by atoms with E-state index in [1.165, 1.54) is 0 Å². The molecule has 1 rings (SSSR count). The summed E-state index contributed by atoms with van der Waals surface area (Å²) in [4.78, 5) is 25.5. The molecule has 0 bridgehead atoms. The average Bonchev–Trinajstić information content (AvgIpc) is 2.36. The zero-order valence-corrected chi connectivity index (χ0v) is 10.7. The minimum atomic E-state index is -4.91. The summed E-state index contributed by atoms with van der Waals surface area (Å²) in [5.41, 5.74) is -2.98. The molecule has 0 radical (unpaired) electrons. The van der Waals surface area contributed by atoms with Crippen molar-refractivity contribution in [2.45, 2.75) is 32.5 Å². The molecule has 1 unspecified atom stereocenters. The molecule has 0 amide bonds. The summed E-state index contributed by atoms with van der Waals surface area (Å²) in [6.45, 7) is 3.36. The molecule has 0 spiro atoms. The zero-order chi connectivity index (χ0) is 15.5. The molecule has 1 aromatic heterocycles. The van der Waals surface area contributed by atoms with Gasteiger partial charge in [0, 0.05) is 6.20 Å². The number of aromatic nitrogens is 1. The Morgan fingerprint density at radius 1 is 1.45 bits per heavy atom. The highest BCUT2D eigenvalue weighted by Gasteiger charge is 2.37. The standard InChI is InChI=1S/C12H12F3NO4/c1-3-6(2)20-11(19)7-4-8(10(17)18)9(16-5-7)12(13,14)15/h4-6H,3H2,1-2H3,(H,17,18). The highest BCUT2D eigenvalue weighted by atomic mass is 19.4. The van der Waals surface area contributed by atoms with Gasteiger partial charge in [0.2, 0.25) is 0 Å². The lowest BCUT2D eigenvalue weighted by Gasteiger charge is -2.13. The first-order valence-electron chi connectivity index (χ1n) is 5.68. The van der Waals surface area contributed by atoms with Crippen LogP contribution in [0.2, 0.25) is 0 Å². The Labute approximate surface area is 112 Å². The van der Waals surface area contributed by atoms with Crippen molar-refractivity contribution < 1.29 is 32.6 Å². The van der Waals surface area contributed by atoms with Crippen LogP contribution in [0, 0.1) is 0 Å². The Hall–Kier alpha value is -2.12. The summed E-state index contributed by atoms with van der Waals surface area (Å²) in [6.07, 6.45) is -4.17. The number of rotatable bonds is 4. The molecule has 1 heterocycles. The number of ether oxygens (including phenoxy) is 1. The predicted octanol–water partition coefficient (Wildman–Crippen LogP) is 2.75. The number of halogens is 3. The van der Waals surface area contributed by atoms with Crippen LogP contribution in [-0.2, 0) is 10.9 Å². The van der Waals surface area contributed by atoms with Gasteiger partial charge in [-0.1, -0.05) is 6.92 Å². The Bertz CT molecular complexity index is 528. The van der Waals surface area contributed by atoms with E-state index in [4.69, 9.17) is 9.84 Å². The number of carbonyl (C=O) groups is 2. The monoisotopic (exact) mass is 291 g/mol. The van der Waals surface area contributed by atoms with Crippen LogP contribution >= 0.6 is 0 Å². The van der Waals surface area contributed by atoms with Gasteiger partial charge in [0.05, 0.1) is 17.2 Å². The van der Waals surface area contributed by atoms with Crippen LogP contribution in [0.15, 0.2) is 12.3 Å². The van der Waals surface area contributed by atoms with E-state index in [9.17, 15) is 22.8 Å². The van der Waals surface area contributed by atoms with Crippen LogP contribution in [0.1, 0.15) is 46.7 Å². The molecule has 1 N–H and O–H groups in total. The predicted molar refractivity (Wildman–Crippen MR) is 61.4 cm³/mol.